The van der Waals surface area contributed by atoms with Crippen molar-refractivity contribution in [3.8, 4) is 17.6 Å². The maximum absolute atomic E-state index is 13.7. The maximum atomic E-state index is 13.7. The Morgan fingerprint density at radius 3 is 1.60 bits per heavy atom. The van der Waals surface area contributed by atoms with Crippen LogP contribution in [0.3, 0.4) is 0 Å². The molecule has 0 spiro atoms. The van der Waals surface area contributed by atoms with Gasteiger partial charge >= 0.3 is 18.2 Å². The molecule has 20 heteroatoms. The lowest BCUT2D eigenvalue weighted by atomic mass is 10.2. The molecule has 0 bridgehead atoms. The number of nitrogens with one attached hydrogen (secondary N) is 4. The molecule has 0 fully saturated rings. The molecule has 4 N–H and O–H groups in total. The number of benzene rings is 1. The van der Waals surface area contributed by atoms with Crippen molar-refractivity contribution in [2.24, 2.45) is 4.99 Å². The van der Waals surface area contributed by atoms with E-state index in [0.717, 1.165) is 5.56 Å². The number of aromatic nitrogens is 3. The second kappa shape index (κ2) is 23.2. The van der Waals surface area contributed by atoms with Gasteiger partial charge in [-0.15, -0.1) is 0 Å². The van der Waals surface area contributed by atoms with Gasteiger partial charge in [0.2, 0.25) is 17.6 Å². The Balaban J connectivity index is 1.54. The van der Waals surface area contributed by atoms with Crippen molar-refractivity contribution in [1.29, 1.82) is 0 Å². The van der Waals surface area contributed by atoms with Crippen molar-refractivity contribution in [2.45, 2.75) is 72.2 Å². The Hall–Kier alpha value is -7.18. The lowest BCUT2D eigenvalue weighted by molar-refractivity contribution is 0.0513. The van der Waals surface area contributed by atoms with E-state index in [-0.39, 0.29) is 84.7 Å². The van der Waals surface area contributed by atoms with Crippen LogP contribution in [0.25, 0.3) is 0 Å². The number of nitrogens with zero attached hydrogens (tertiary/aromatic N) is 4. The highest BCUT2D eigenvalue weighted by Gasteiger charge is 2.22. The van der Waals surface area contributed by atoms with Crippen LogP contribution < -0.4 is 35.5 Å². The van der Waals surface area contributed by atoms with E-state index in [1.54, 1.807) is 41.5 Å². The molecule has 63 heavy (non-hydrogen) atoms. The summed E-state index contributed by atoms with van der Waals surface area (Å²) in [4.78, 5) is 80.8. The molecule has 0 aliphatic heterocycles. The van der Waals surface area contributed by atoms with Crippen LogP contribution in [0, 0.1) is 0 Å². The minimum Gasteiger partial charge on any atom is -0.476 e. The van der Waals surface area contributed by atoms with E-state index >= 15 is 0 Å². The van der Waals surface area contributed by atoms with Crippen LogP contribution in [0.1, 0.15) is 91.4 Å². The van der Waals surface area contributed by atoms with Crippen LogP contribution in [0.5, 0.6) is 17.6 Å². The Morgan fingerprint density at radius 1 is 0.635 bits per heavy atom. The fourth-order valence-corrected chi connectivity index (χ4v) is 5.12. The number of amides is 4. The molecule has 0 saturated heterocycles. The number of methoxy groups -OCH3 is 1. The molecule has 334 valence electrons. The third-order valence-electron chi connectivity index (χ3n) is 7.76. The second-order valence-corrected chi connectivity index (χ2v) is 15.4. The van der Waals surface area contributed by atoms with Crippen LogP contribution in [-0.2, 0) is 20.8 Å². The third-order valence-corrected chi connectivity index (χ3v) is 7.85. The summed E-state index contributed by atoms with van der Waals surface area (Å²) >= 11 is 4.78. The average Bonchev–Trinajstić information content (AvgIpc) is 3.22. The Kier molecular flexibility index (Phi) is 17.8. The number of carbonyl (C=O) groups is 5. The molecule has 4 amide bonds. The first-order valence-electron chi connectivity index (χ1n) is 19.6. The molecule has 0 atom stereocenters. The van der Waals surface area contributed by atoms with Crippen molar-refractivity contribution in [2.75, 3.05) is 44.0 Å². The fraction of sp³-hybridized carbons (Fsp3) is 0.372. The van der Waals surface area contributed by atoms with Crippen molar-refractivity contribution >= 4 is 64.4 Å². The van der Waals surface area contributed by atoms with Gasteiger partial charge in [0, 0.05) is 13.1 Å². The molecular formula is C43H50N8O11S. The number of aliphatic imine (C=N–C) groups is 1. The number of pyridine rings is 3. The molecule has 4 aromatic rings. The van der Waals surface area contributed by atoms with Gasteiger partial charge in [-0.2, -0.15) is 4.99 Å². The molecule has 0 radical (unpaired) electrons. The number of alkyl carbamates (subject to hydrolysis) is 2. The van der Waals surface area contributed by atoms with Gasteiger partial charge in [-0.1, -0.05) is 30.3 Å². The van der Waals surface area contributed by atoms with Gasteiger partial charge < -0.3 is 49.7 Å². The molecule has 4 rings (SSSR count). The highest BCUT2D eigenvalue weighted by Crippen LogP contribution is 2.29. The van der Waals surface area contributed by atoms with E-state index in [2.05, 4.69) is 46.4 Å². The Bertz CT molecular complexity index is 2290. The van der Waals surface area contributed by atoms with Crippen molar-refractivity contribution in [1.82, 2.24) is 25.6 Å². The molecule has 3 heterocycles. The lowest BCUT2D eigenvalue weighted by Gasteiger charge is -2.19. The van der Waals surface area contributed by atoms with E-state index in [0.29, 0.717) is 12.8 Å². The number of isothiocyanates is 1. The number of hydrogen-bond acceptors (Lipinski definition) is 16. The summed E-state index contributed by atoms with van der Waals surface area (Å²) in [6.45, 7) is 11.0. The van der Waals surface area contributed by atoms with Crippen molar-refractivity contribution in [3.05, 3.63) is 89.4 Å². The van der Waals surface area contributed by atoms with Gasteiger partial charge in [-0.3, -0.25) is 9.59 Å². The number of esters is 1. The van der Waals surface area contributed by atoms with Crippen LogP contribution in [0.2, 0.25) is 0 Å². The van der Waals surface area contributed by atoms with E-state index in [1.807, 2.05) is 30.3 Å². The number of anilines is 2. The van der Waals surface area contributed by atoms with Gasteiger partial charge in [-0.25, -0.2) is 29.3 Å². The summed E-state index contributed by atoms with van der Waals surface area (Å²) in [5, 5.41) is 12.9. The maximum Gasteiger partial charge on any atom is 0.407 e. The quantitative estimate of drug-likeness (QED) is 0.0242. The number of hydrogen-bond donors (Lipinski definition) is 4. The SMILES string of the molecule is COC(=O)c1ccc(NC(=O)c2ccc(NC(=O)c3ccc(N=C=S)c(OCc4ccccc4)n3)c(OCCCNC(=O)OC(C)(C)C)n2)c(OCCCNC(=O)OC(C)(C)C)n1. The van der Waals surface area contributed by atoms with Crippen LogP contribution in [-0.4, -0.2) is 94.7 Å². The summed E-state index contributed by atoms with van der Waals surface area (Å²) in [5.41, 5.74) is -0.352. The van der Waals surface area contributed by atoms with E-state index < -0.39 is 41.2 Å². The number of carbonyl (C=O) groups excluding carboxylic acids is 5. The minimum atomic E-state index is -0.739. The standard InChI is InChI=1S/C43H50N8O11S/c1-42(2,3)61-40(55)44-21-11-23-58-37-31(47-34(52)28-15-17-30(46-26-63)36(49-28)60-25-27-13-9-8-10-14-27)18-16-29(50-37)35(53)48-32-19-20-33(39(54)57-7)51-38(32)59-24-12-22-45-41(56)62-43(4,5)6/h8-10,13-20H,11-12,21-25H2,1-7H3,(H,44,55)(H,45,56)(H,47,52)(H,48,53). The second-order valence-electron chi connectivity index (χ2n) is 15.3. The van der Waals surface area contributed by atoms with Gasteiger partial charge in [0.05, 0.1) is 25.5 Å². The minimum absolute atomic E-state index is 0.00355. The van der Waals surface area contributed by atoms with E-state index in [9.17, 15) is 24.0 Å². The van der Waals surface area contributed by atoms with Crippen molar-refractivity contribution < 1.29 is 52.4 Å². The highest BCUT2D eigenvalue weighted by atomic mass is 32.1. The molecule has 1 aromatic carbocycles. The van der Waals surface area contributed by atoms with Crippen LogP contribution in [0.4, 0.5) is 26.7 Å². The van der Waals surface area contributed by atoms with Crippen molar-refractivity contribution in [3.63, 3.8) is 0 Å². The van der Waals surface area contributed by atoms with E-state index in [1.165, 1.54) is 43.5 Å². The molecular weight excluding hydrogens is 837 g/mol. The predicted molar refractivity (Wildman–Crippen MR) is 234 cm³/mol. The first-order chi connectivity index (χ1) is 29.9. The smallest absolute Gasteiger partial charge is 0.407 e. The molecule has 3 aromatic heterocycles. The molecule has 0 saturated carbocycles. The Morgan fingerprint density at radius 2 is 1.11 bits per heavy atom. The Labute approximate surface area is 369 Å². The van der Waals surface area contributed by atoms with Gasteiger partial charge in [0.25, 0.3) is 11.8 Å². The predicted octanol–water partition coefficient (Wildman–Crippen LogP) is 7.06. The molecule has 0 aliphatic rings. The number of rotatable bonds is 19. The monoisotopic (exact) mass is 886 g/mol. The summed E-state index contributed by atoms with van der Waals surface area (Å²) < 4.78 is 33.0. The summed E-state index contributed by atoms with van der Waals surface area (Å²) in [6, 6.07) is 17.8. The topological polar surface area (TPSA) is 240 Å². The first kappa shape index (κ1) is 48.5. The number of thiocarbonyl (C=S) groups is 1. The lowest BCUT2D eigenvalue weighted by Crippen LogP contribution is -2.33. The zero-order chi connectivity index (χ0) is 46.0. The summed E-state index contributed by atoms with van der Waals surface area (Å²) in [5.74, 6) is -2.35. The third kappa shape index (κ3) is 16.7. The van der Waals surface area contributed by atoms with Gasteiger partial charge in [0.15, 0.2) is 5.69 Å². The molecule has 0 aliphatic carbocycles. The zero-order valence-electron chi connectivity index (χ0n) is 36.0. The van der Waals surface area contributed by atoms with Crippen LogP contribution >= 0.6 is 12.2 Å². The number of ether oxygens (including phenoxy) is 6. The summed E-state index contributed by atoms with van der Waals surface area (Å²) in [7, 11) is 1.19. The molecule has 0 unspecified atom stereocenters. The zero-order valence-corrected chi connectivity index (χ0v) is 36.8. The largest absolute Gasteiger partial charge is 0.476 e. The van der Waals surface area contributed by atoms with Gasteiger partial charge in [0.1, 0.15) is 46.3 Å². The summed E-state index contributed by atoms with van der Waals surface area (Å²) in [6.07, 6.45) is -0.587. The average molecular weight is 887 g/mol. The van der Waals surface area contributed by atoms with Crippen LogP contribution in [0.15, 0.2) is 71.7 Å². The normalized spacial score (nSPS) is 10.9. The van der Waals surface area contributed by atoms with E-state index in [4.69, 9.17) is 40.6 Å². The fourth-order valence-electron chi connectivity index (χ4n) is 5.03. The highest BCUT2D eigenvalue weighted by molar-refractivity contribution is 7.78. The van der Waals surface area contributed by atoms with Gasteiger partial charge in [-0.05, 0) is 109 Å². The molecule has 19 nitrogen and oxygen atoms in total. The first-order valence-corrected chi connectivity index (χ1v) is 20.0.